The van der Waals surface area contributed by atoms with Crippen molar-refractivity contribution < 1.29 is 4.42 Å². The second-order valence-electron chi connectivity index (χ2n) is 4.46. The van der Waals surface area contributed by atoms with E-state index in [4.69, 9.17) is 10.2 Å². The van der Waals surface area contributed by atoms with Crippen molar-refractivity contribution in [3.63, 3.8) is 0 Å². The Bertz CT molecular complexity index is 498. The molecule has 1 fully saturated rings. The van der Waals surface area contributed by atoms with Crippen LogP contribution in [0.5, 0.6) is 0 Å². The topological polar surface area (TPSA) is 42.4 Å². The van der Waals surface area contributed by atoms with E-state index in [0.717, 1.165) is 29.0 Å². The van der Waals surface area contributed by atoms with E-state index < -0.39 is 0 Å². The molecule has 0 spiro atoms. The molecule has 1 aromatic heterocycles. The summed E-state index contributed by atoms with van der Waals surface area (Å²) in [5.41, 5.74) is 7.43. The molecule has 1 aromatic carbocycles. The van der Waals surface area contributed by atoms with Crippen LogP contribution >= 0.6 is 0 Å². The maximum Gasteiger partial charge on any atom is 0.157 e. The van der Waals surface area contributed by atoms with Crippen LogP contribution in [0.4, 0.5) is 5.69 Å². The maximum atomic E-state index is 5.87. The fraction of sp³-hybridized carbons (Fsp3) is 0.385. The van der Waals surface area contributed by atoms with Gasteiger partial charge < -0.3 is 10.2 Å². The number of nitrogens with zero attached hydrogens (tertiary/aromatic N) is 1. The summed E-state index contributed by atoms with van der Waals surface area (Å²) in [7, 11) is 0. The Morgan fingerprint density at radius 1 is 1.25 bits per heavy atom. The summed E-state index contributed by atoms with van der Waals surface area (Å²) in [6.07, 6.45) is 2.62. The lowest BCUT2D eigenvalue weighted by Crippen LogP contribution is -2.17. The first kappa shape index (κ1) is 9.73. The van der Waals surface area contributed by atoms with Crippen LogP contribution in [0.1, 0.15) is 18.6 Å². The Morgan fingerprint density at radius 3 is 2.81 bits per heavy atom. The Balaban J connectivity index is 1.90. The van der Waals surface area contributed by atoms with Gasteiger partial charge in [-0.25, -0.2) is 0 Å². The molecule has 0 atom stereocenters. The van der Waals surface area contributed by atoms with Gasteiger partial charge in [-0.05, 0) is 38.1 Å². The van der Waals surface area contributed by atoms with Crippen LogP contribution < -0.4 is 5.73 Å². The monoisotopic (exact) mass is 216 g/mol. The highest BCUT2D eigenvalue weighted by Crippen LogP contribution is 2.26. The van der Waals surface area contributed by atoms with Crippen molar-refractivity contribution in [2.75, 3.05) is 18.8 Å². The highest BCUT2D eigenvalue weighted by molar-refractivity contribution is 5.88. The number of likely N-dealkylation sites (tertiary alicyclic amines) is 1. The normalized spacial score (nSPS) is 17.2. The van der Waals surface area contributed by atoms with Gasteiger partial charge in [0.25, 0.3) is 0 Å². The van der Waals surface area contributed by atoms with Gasteiger partial charge in [-0.3, -0.25) is 4.90 Å². The quantitative estimate of drug-likeness (QED) is 0.785. The number of nitrogens with two attached hydrogens (primary N) is 1. The summed E-state index contributed by atoms with van der Waals surface area (Å²) in [4.78, 5) is 2.42. The molecule has 0 saturated carbocycles. The molecule has 0 bridgehead atoms. The van der Waals surface area contributed by atoms with Gasteiger partial charge in [0, 0.05) is 5.39 Å². The van der Waals surface area contributed by atoms with Gasteiger partial charge in [-0.2, -0.15) is 0 Å². The molecule has 3 nitrogen and oxygen atoms in total. The molecule has 0 aliphatic carbocycles. The first-order chi connectivity index (χ1) is 7.83. The summed E-state index contributed by atoms with van der Waals surface area (Å²) in [6.45, 7) is 3.28. The van der Waals surface area contributed by atoms with Crippen LogP contribution in [0.2, 0.25) is 0 Å². The second-order valence-corrected chi connectivity index (χ2v) is 4.46. The number of furan rings is 1. The molecule has 3 rings (SSSR count). The molecule has 2 heterocycles. The number of anilines is 1. The lowest BCUT2D eigenvalue weighted by Gasteiger charge is -2.11. The Labute approximate surface area is 94.8 Å². The third-order valence-electron chi connectivity index (χ3n) is 3.20. The Kier molecular flexibility index (Phi) is 2.33. The average molecular weight is 216 g/mol. The summed E-state index contributed by atoms with van der Waals surface area (Å²) in [5, 5.41) is 1.11. The molecule has 1 aliphatic rings. The number of nitrogen functional groups attached to an aromatic ring is 1. The predicted octanol–water partition coefficient (Wildman–Crippen LogP) is 2.61. The van der Waals surface area contributed by atoms with Crippen LogP contribution in [-0.2, 0) is 6.54 Å². The molecule has 2 aromatic rings. The van der Waals surface area contributed by atoms with Gasteiger partial charge >= 0.3 is 0 Å². The molecular formula is C13H16N2O. The van der Waals surface area contributed by atoms with Crippen molar-refractivity contribution in [1.82, 2.24) is 4.90 Å². The van der Waals surface area contributed by atoms with Gasteiger partial charge in [0.2, 0.25) is 0 Å². The number of hydrogen-bond acceptors (Lipinski definition) is 3. The summed E-state index contributed by atoms with van der Waals surface area (Å²) >= 11 is 0. The van der Waals surface area contributed by atoms with Crippen LogP contribution in [-0.4, -0.2) is 18.0 Å². The number of para-hydroxylation sites is 1. The van der Waals surface area contributed by atoms with E-state index in [9.17, 15) is 0 Å². The largest absolute Gasteiger partial charge is 0.458 e. The van der Waals surface area contributed by atoms with Crippen molar-refractivity contribution in [2.45, 2.75) is 19.4 Å². The maximum absolute atomic E-state index is 5.87. The van der Waals surface area contributed by atoms with Crippen molar-refractivity contribution in [3.05, 3.63) is 30.0 Å². The molecule has 0 amide bonds. The van der Waals surface area contributed by atoms with Crippen molar-refractivity contribution in [1.29, 1.82) is 0 Å². The van der Waals surface area contributed by atoms with E-state index in [1.165, 1.54) is 25.9 Å². The molecule has 0 unspecified atom stereocenters. The lowest BCUT2D eigenvalue weighted by atomic mass is 10.2. The molecule has 16 heavy (non-hydrogen) atoms. The highest BCUT2D eigenvalue weighted by Gasteiger charge is 2.14. The van der Waals surface area contributed by atoms with Crippen molar-refractivity contribution in [2.24, 2.45) is 0 Å². The summed E-state index contributed by atoms with van der Waals surface area (Å²) in [6, 6.07) is 7.99. The van der Waals surface area contributed by atoms with Crippen molar-refractivity contribution in [3.8, 4) is 0 Å². The molecule has 2 N–H and O–H groups in total. The molecule has 84 valence electrons. The second kappa shape index (κ2) is 3.83. The molecule has 3 heteroatoms. The van der Waals surface area contributed by atoms with Crippen LogP contribution in [0.25, 0.3) is 11.0 Å². The summed E-state index contributed by atoms with van der Waals surface area (Å²) in [5.74, 6) is 1.02. The molecular weight excluding hydrogens is 200 g/mol. The fourth-order valence-corrected chi connectivity index (χ4v) is 2.38. The highest BCUT2D eigenvalue weighted by atomic mass is 16.3. The third-order valence-corrected chi connectivity index (χ3v) is 3.20. The van der Waals surface area contributed by atoms with Gasteiger partial charge in [0.05, 0.1) is 12.2 Å². The van der Waals surface area contributed by atoms with Gasteiger partial charge in [-0.1, -0.05) is 12.1 Å². The van der Waals surface area contributed by atoms with E-state index in [1.54, 1.807) is 0 Å². The summed E-state index contributed by atoms with van der Waals surface area (Å²) < 4.78 is 5.79. The number of rotatable bonds is 2. The molecule has 1 saturated heterocycles. The van der Waals surface area contributed by atoms with Crippen LogP contribution in [0, 0.1) is 0 Å². The van der Waals surface area contributed by atoms with Crippen LogP contribution in [0.15, 0.2) is 28.7 Å². The Morgan fingerprint density at radius 2 is 2.06 bits per heavy atom. The minimum Gasteiger partial charge on any atom is -0.458 e. The van der Waals surface area contributed by atoms with E-state index in [-0.39, 0.29) is 0 Å². The first-order valence-electron chi connectivity index (χ1n) is 5.82. The number of benzene rings is 1. The average Bonchev–Trinajstić information content (AvgIpc) is 2.88. The lowest BCUT2D eigenvalue weighted by molar-refractivity contribution is 0.302. The van der Waals surface area contributed by atoms with Gasteiger partial charge in [0.1, 0.15) is 5.76 Å². The molecule has 1 aliphatic heterocycles. The zero-order valence-corrected chi connectivity index (χ0v) is 9.28. The minimum atomic E-state index is 0.727. The number of hydrogen-bond donors (Lipinski definition) is 1. The zero-order chi connectivity index (χ0) is 11.0. The van der Waals surface area contributed by atoms with Crippen LogP contribution in [0.3, 0.4) is 0 Å². The number of fused-ring (bicyclic) bond motifs is 1. The van der Waals surface area contributed by atoms with Gasteiger partial charge in [-0.15, -0.1) is 0 Å². The molecule has 0 radical (unpaired) electrons. The smallest absolute Gasteiger partial charge is 0.157 e. The van der Waals surface area contributed by atoms with E-state index >= 15 is 0 Å². The van der Waals surface area contributed by atoms with Gasteiger partial charge in [0.15, 0.2) is 5.58 Å². The standard InChI is InChI=1S/C13H16N2O/c14-12-5-3-4-10-8-11(16-13(10)12)9-15-6-1-2-7-15/h3-5,8H,1-2,6-7,9,14H2. The minimum absolute atomic E-state index is 0.727. The third kappa shape index (κ3) is 1.67. The van der Waals surface area contributed by atoms with E-state index in [0.29, 0.717) is 0 Å². The zero-order valence-electron chi connectivity index (χ0n) is 9.28. The van der Waals surface area contributed by atoms with Crippen molar-refractivity contribution >= 4 is 16.7 Å². The Hall–Kier alpha value is -1.48. The van der Waals surface area contributed by atoms with E-state index in [1.807, 2.05) is 18.2 Å². The first-order valence-corrected chi connectivity index (χ1v) is 5.82. The predicted molar refractivity (Wildman–Crippen MR) is 65.1 cm³/mol. The SMILES string of the molecule is Nc1cccc2cc(CN3CCCC3)oc12. The fourth-order valence-electron chi connectivity index (χ4n) is 2.38. The van der Waals surface area contributed by atoms with E-state index in [2.05, 4.69) is 11.0 Å².